The highest BCUT2D eigenvalue weighted by Crippen LogP contribution is 2.26. The second-order valence-corrected chi connectivity index (χ2v) is 5.50. The third-order valence-electron chi connectivity index (χ3n) is 3.33. The van der Waals surface area contributed by atoms with E-state index in [2.05, 4.69) is 21.2 Å². The Hall–Kier alpha value is -1.43. The minimum atomic E-state index is -0.918. The van der Waals surface area contributed by atoms with E-state index >= 15 is 0 Å². The highest BCUT2D eigenvalue weighted by atomic mass is 79.9. The number of carbonyl (C=O) groups is 2. The van der Waals surface area contributed by atoms with Crippen LogP contribution in [-0.2, 0) is 4.79 Å². The fraction of sp³-hybridized carbons (Fsp3) is 0.385. The van der Waals surface area contributed by atoms with E-state index in [0.717, 1.165) is 6.42 Å². The van der Waals surface area contributed by atoms with Crippen LogP contribution in [-0.4, -0.2) is 23.0 Å². The predicted molar refractivity (Wildman–Crippen MR) is 70.3 cm³/mol. The number of carbonyl (C=O) groups excluding carboxylic acids is 1. The summed E-state index contributed by atoms with van der Waals surface area (Å²) >= 11 is 3.11. The molecule has 1 aliphatic rings. The van der Waals surface area contributed by atoms with Gasteiger partial charge in [-0.2, -0.15) is 0 Å². The molecule has 0 aliphatic heterocycles. The van der Waals surface area contributed by atoms with Gasteiger partial charge in [0.15, 0.2) is 0 Å². The van der Waals surface area contributed by atoms with Crippen LogP contribution in [0, 0.1) is 11.7 Å². The fourth-order valence-corrected chi connectivity index (χ4v) is 2.68. The van der Waals surface area contributed by atoms with Crippen molar-refractivity contribution in [3.8, 4) is 0 Å². The molecule has 1 aromatic carbocycles. The van der Waals surface area contributed by atoms with Crippen molar-refractivity contribution in [2.75, 3.05) is 0 Å². The summed E-state index contributed by atoms with van der Waals surface area (Å²) in [5.41, 5.74) is -0.0701. The van der Waals surface area contributed by atoms with Gasteiger partial charge in [0.05, 0.1) is 11.5 Å². The molecule has 0 radical (unpaired) electrons. The standard InChI is InChI=1S/C13H13BrFNO3/c14-7-4-5-8(10(15)6-7)12(17)16-11-3-1-2-9(11)13(18)19/h4-6,9,11H,1-3H2,(H,16,17)(H,18,19). The molecule has 1 saturated carbocycles. The Morgan fingerprint density at radius 3 is 2.74 bits per heavy atom. The van der Waals surface area contributed by atoms with Gasteiger partial charge in [0.1, 0.15) is 5.82 Å². The van der Waals surface area contributed by atoms with E-state index in [9.17, 15) is 14.0 Å². The molecule has 0 aromatic heterocycles. The number of rotatable bonds is 3. The Bertz CT molecular complexity index is 521. The summed E-state index contributed by atoms with van der Waals surface area (Å²) in [6.45, 7) is 0. The predicted octanol–water partition coefficient (Wildman–Crippen LogP) is 2.57. The van der Waals surface area contributed by atoms with Gasteiger partial charge >= 0.3 is 5.97 Å². The average molecular weight is 330 g/mol. The average Bonchev–Trinajstić information content (AvgIpc) is 2.76. The molecule has 0 spiro atoms. The van der Waals surface area contributed by atoms with Crippen molar-refractivity contribution in [2.45, 2.75) is 25.3 Å². The highest BCUT2D eigenvalue weighted by molar-refractivity contribution is 9.10. The van der Waals surface area contributed by atoms with Gasteiger partial charge in [-0.25, -0.2) is 4.39 Å². The number of aliphatic carboxylic acids is 1. The van der Waals surface area contributed by atoms with Crippen molar-refractivity contribution in [1.29, 1.82) is 0 Å². The van der Waals surface area contributed by atoms with Crippen molar-refractivity contribution in [3.63, 3.8) is 0 Å². The number of nitrogens with one attached hydrogen (secondary N) is 1. The number of halogens is 2. The molecule has 1 aliphatic carbocycles. The maximum Gasteiger partial charge on any atom is 0.308 e. The lowest BCUT2D eigenvalue weighted by Crippen LogP contribution is -2.40. The summed E-state index contributed by atoms with van der Waals surface area (Å²) in [7, 11) is 0. The van der Waals surface area contributed by atoms with E-state index in [1.807, 2.05) is 0 Å². The zero-order valence-electron chi connectivity index (χ0n) is 10.0. The highest BCUT2D eigenvalue weighted by Gasteiger charge is 2.34. The van der Waals surface area contributed by atoms with Crippen molar-refractivity contribution < 1.29 is 19.1 Å². The van der Waals surface area contributed by atoms with Gasteiger partial charge in [-0.3, -0.25) is 9.59 Å². The van der Waals surface area contributed by atoms with E-state index in [4.69, 9.17) is 5.11 Å². The topological polar surface area (TPSA) is 66.4 Å². The number of hydrogen-bond donors (Lipinski definition) is 2. The van der Waals surface area contributed by atoms with Gasteiger partial charge in [-0.05, 0) is 31.0 Å². The number of benzene rings is 1. The van der Waals surface area contributed by atoms with Crippen LogP contribution >= 0.6 is 15.9 Å². The summed E-state index contributed by atoms with van der Waals surface area (Å²) in [5.74, 6) is -2.69. The Morgan fingerprint density at radius 2 is 2.11 bits per heavy atom. The SMILES string of the molecule is O=C(NC1CCCC1C(=O)O)c1ccc(Br)cc1F. The second-order valence-electron chi connectivity index (χ2n) is 4.58. The number of amides is 1. The van der Waals surface area contributed by atoms with Gasteiger partial charge in [0, 0.05) is 10.5 Å². The van der Waals surface area contributed by atoms with E-state index in [1.165, 1.54) is 12.1 Å². The quantitative estimate of drug-likeness (QED) is 0.895. The van der Waals surface area contributed by atoms with Gasteiger partial charge in [-0.15, -0.1) is 0 Å². The molecule has 1 aromatic rings. The number of carboxylic acids is 1. The first kappa shape index (κ1) is 14.0. The van der Waals surface area contributed by atoms with Gasteiger partial charge in [-0.1, -0.05) is 22.4 Å². The van der Waals surface area contributed by atoms with Crippen molar-refractivity contribution in [2.24, 2.45) is 5.92 Å². The normalized spacial score (nSPS) is 22.2. The Kier molecular flexibility index (Phi) is 4.19. The molecular formula is C13H13BrFNO3. The molecule has 0 heterocycles. The third-order valence-corrected chi connectivity index (χ3v) is 3.82. The summed E-state index contributed by atoms with van der Waals surface area (Å²) < 4.78 is 14.2. The maximum absolute atomic E-state index is 13.6. The molecule has 6 heteroatoms. The largest absolute Gasteiger partial charge is 0.481 e. The molecule has 4 nitrogen and oxygen atoms in total. The van der Waals surface area contributed by atoms with Crippen molar-refractivity contribution in [3.05, 3.63) is 34.1 Å². The van der Waals surface area contributed by atoms with E-state index in [-0.39, 0.29) is 5.56 Å². The zero-order chi connectivity index (χ0) is 14.0. The Morgan fingerprint density at radius 1 is 1.37 bits per heavy atom. The van der Waals surface area contributed by atoms with E-state index in [1.54, 1.807) is 6.07 Å². The van der Waals surface area contributed by atoms with Crippen molar-refractivity contribution in [1.82, 2.24) is 5.32 Å². The number of carboxylic acid groups (broad SMARTS) is 1. The van der Waals surface area contributed by atoms with Gasteiger partial charge in [0.25, 0.3) is 5.91 Å². The first-order valence-electron chi connectivity index (χ1n) is 5.98. The molecule has 1 amide bonds. The molecule has 2 atom stereocenters. The lowest BCUT2D eigenvalue weighted by Gasteiger charge is -2.17. The molecule has 0 bridgehead atoms. The molecule has 19 heavy (non-hydrogen) atoms. The molecule has 2 unspecified atom stereocenters. The maximum atomic E-state index is 13.6. The number of hydrogen-bond acceptors (Lipinski definition) is 2. The third kappa shape index (κ3) is 3.12. The summed E-state index contributed by atoms with van der Waals surface area (Å²) in [6, 6.07) is 3.73. The molecule has 102 valence electrons. The van der Waals surface area contributed by atoms with Gasteiger partial charge in [0.2, 0.25) is 0 Å². The van der Waals surface area contributed by atoms with Crippen LogP contribution in [0.5, 0.6) is 0 Å². The monoisotopic (exact) mass is 329 g/mol. The Balaban J connectivity index is 2.10. The van der Waals surface area contributed by atoms with Crippen LogP contribution in [0.25, 0.3) is 0 Å². The van der Waals surface area contributed by atoms with Crippen LogP contribution in [0.1, 0.15) is 29.6 Å². The smallest absolute Gasteiger partial charge is 0.308 e. The minimum Gasteiger partial charge on any atom is -0.481 e. The molecule has 1 fully saturated rings. The molecule has 0 saturated heterocycles. The second kappa shape index (κ2) is 5.69. The Labute approximate surface area is 118 Å². The minimum absolute atomic E-state index is 0.0701. The summed E-state index contributed by atoms with van der Waals surface area (Å²) in [4.78, 5) is 23.0. The molecular weight excluding hydrogens is 317 g/mol. The van der Waals surface area contributed by atoms with Crippen molar-refractivity contribution >= 4 is 27.8 Å². The van der Waals surface area contributed by atoms with Crippen LogP contribution in [0.4, 0.5) is 4.39 Å². The van der Waals surface area contributed by atoms with Crippen LogP contribution in [0.2, 0.25) is 0 Å². The van der Waals surface area contributed by atoms with Crippen LogP contribution < -0.4 is 5.32 Å². The summed E-state index contributed by atoms with van der Waals surface area (Å²) in [6.07, 6.45) is 1.91. The lowest BCUT2D eigenvalue weighted by atomic mass is 10.0. The van der Waals surface area contributed by atoms with Crippen LogP contribution in [0.3, 0.4) is 0 Å². The van der Waals surface area contributed by atoms with Crippen LogP contribution in [0.15, 0.2) is 22.7 Å². The van der Waals surface area contributed by atoms with Gasteiger partial charge < -0.3 is 10.4 Å². The first-order valence-corrected chi connectivity index (χ1v) is 6.77. The fourth-order valence-electron chi connectivity index (χ4n) is 2.35. The van der Waals surface area contributed by atoms with E-state index < -0.39 is 29.7 Å². The lowest BCUT2D eigenvalue weighted by molar-refractivity contribution is -0.142. The molecule has 2 rings (SSSR count). The first-order chi connectivity index (χ1) is 8.99. The summed E-state index contributed by atoms with van der Waals surface area (Å²) in [5, 5.41) is 11.6. The molecule has 2 N–H and O–H groups in total. The van der Waals surface area contributed by atoms with E-state index in [0.29, 0.717) is 17.3 Å². The zero-order valence-corrected chi connectivity index (χ0v) is 11.6.